The van der Waals surface area contributed by atoms with Gasteiger partial charge in [-0.3, -0.25) is 19.4 Å². The number of methoxy groups -OCH3 is 2. The van der Waals surface area contributed by atoms with Crippen molar-refractivity contribution in [2.24, 2.45) is 0 Å². The van der Waals surface area contributed by atoms with Crippen LogP contribution in [0.3, 0.4) is 0 Å². The molecule has 31 heavy (non-hydrogen) atoms. The minimum atomic E-state index is -0.792. The minimum absolute atomic E-state index is 0.0976. The molecular formula is C25H24N2O4. The maximum Gasteiger partial charge on any atom is 0.255 e. The summed E-state index contributed by atoms with van der Waals surface area (Å²) >= 11 is 0. The van der Waals surface area contributed by atoms with Crippen molar-refractivity contribution in [1.29, 1.82) is 0 Å². The Morgan fingerprint density at radius 3 is 2.23 bits per heavy atom. The van der Waals surface area contributed by atoms with E-state index in [4.69, 9.17) is 9.47 Å². The van der Waals surface area contributed by atoms with E-state index in [1.807, 2.05) is 61.5 Å². The first-order valence-corrected chi connectivity index (χ1v) is 10.0. The predicted octanol–water partition coefficient (Wildman–Crippen LogP) is 4.13. The Bertz CT molecular complexity index is 1100. The van der Waals surface area contributed by atoms with E-state index in [-0.39, 0.29) is 18.4 Å². The van der Waals surface area contributed by atoms with E-state index in [9.17, 15) is 9.59 Å². The van der Waals surface area contributed by atoms with Gasteiger partial charge in [0.05, 0.1) is 19.9 Å². The molecule has 0 aromatic heterocycles. The second-order valence-electron chi connectivity index (χ2n) is 7.37. The third kappa shape index (κ3) is 3.84. The summed E-state index contributed by atoms with van der Waals surface area (Å²) in [6.07, 6.45) is 0. The Morgan fingerprint density at radius 2 is 1.58 bits per heavy atom. The average Bonchev–Trinajstić information content (AvgIpc) is 2.81. The van der Waals surface area contributed by atoms with E-state index in [1.165, 1.54) is 12.0 Å². The largest absolute Gasteiger partial charge is 0.497 e. The number of rotatable bonds is 5. The maximum absolute atomic E-state index is 13.8. The van der Waals surface area contributed by atoms with Crippen LogP contribution in [0.5, 0.6) is 11.5 Å². The van der Waals surface area contributed by atoms with Crippen LogP contribution >= 0.6 is 0 Å². The highest BCUT2D eigenvalue weighted by Gasteiger charge is 2.42. The number of piperazine rings is 1. The summed E-state index contributed by atoms with van der Waals surface area (Å²) in [4.78, 5) is 30.3. The summed E-state index contributed by atoms with van der Waals surface area (Å²) < 4.78 is 10.8. The molecule has 0 N–H and O–H groups in total. The molecule has 1 saturated heterocycles. The molecule has 4 rings (SSSR count). The zero-order valence-electron chi connectivity index (χ0n) is 17.7. The van der Waals surface area contributed by atoms with Crippen LogP contribution in [-0.4, -0.2) is 32.6 Å². The number of aryl methyl sites for hydroxylation is 1. The van der Waals surface area contributed by atoms with Gasteiger partial charge in [0.2, 0.25) is 5.91 Å². The first-order valence-electron chi connectivity index (χ1n) is 10.0. The highest BCUT2D eigenvalue weighted by molar-refractivity contribution is 6.15. The highest BCUT2D eigenvalue weighted by Crippen LogP contribution is 2.39. The van der Waals surface area contributed by atoms with Gasteiger partial charge in [0.1, 0.15) is 24.1 Å². The number of anilines is 2. The first-order chi connectivity index (χ1) is 15.0. The van der Waals surface area contributed by atoms with Gasteiger partial charge in [-0.25, -0.2) is 0 Å². The van der Waals surface area contributed by atoms with Gasteiger partial charge in [-0.1, -0.05) is 48.0 Å². The normalized spacial score (nSPS) is 16.4. The topological polar surface area (TPSA) is 59.1 Å². The van der Waals surface area contributed by atoms with Crippen LogP contribution in [-0.2, 0) is 9.59 Å². The fourth-order valence-corrected chi connectivity index (χ4v) is 3.83. The average molecular weight is 416 g/mol. The van der Waals surface area contributed by atoms with Gasteiger partial charge in [0.25, 0.3) is 5.91 Å². The Labute approximate surface area is 181 Å². The lowest BCUT2D eigenvalue weighted by Gasteiger charge is -2.40. The number of hydrogen-bond donors (Lipinski definition) is 0. The minimum Gasteiger partial charge on any atom is -0.497 e. The van der Waals surface area contributed by atoms with E-state index in [0.717, 1.165) is 11.1 Å². The van der Waals surface area contributed by atoms with Crippen molar-refractivity contribution < 1.29 is 19.1 Å². The SMILES string of the molecule is COc1ccc(OC)c(N2CC(=O)N(c3ccccc3)[C@H](c3ccc(C)cc3)C2=O)c1. The lowest BCUT2D eigenvalue weighted by molar-refractivity contribution is -0.128. The molecule has 2 amide bonds. The quantitative estimate of drug-likeness (QED) is 0.627. The smallest absolute Gasteiger partial charge is 0.255 e. The van der Waals surface area contributed by atoms with Crippen molar-refractivity contribution >= 4 is 23.2 Å². The summed E-state index contributed by atoms with van der Waals surface area (Å²) in [6.45, 7) is 1.89. The Morgan fingerprint density at radius 1 is 0.871 bits per heavy atom. The standard InChI is InChI=1S/C25H24N2O4/c1-17-9-11-18(12-10-17)24-25(29)26(21-15-20(30-2)13-14-22(21)31-3)16-23(28)27(24)19-7-5-4-6-8-19/h4-15,24H,16H2,1-3H3/t24-/m1/s1. The summed E-state index contributed by atoms with van der Waals surface area (Å²) in [5, 5.41) is 0. The molecule has 1 aliphatic heterocycles. The summed E-state index contributed by atoms with van der Waals surface area (Å²) in [7, 11) is 3.09. The van der Waals surface area contributed by atoms with Crippen LogP contribution in [0.15, 0.2) is 72.8 Å². The van der Waals surface area contributed by atoms with Gasteiger partial charge < -0.3 is 9.47 Å². The van der Waals surface area contributed by atoms with E-state index in [1.54, 1.807) is 30.2 Å². The van der Waals surface area contributed by atoms with Crippen molar-refractivity contribution in [2.45, 2.75) is 13.0 Å². The van der Waals surface area contributed by atoms with E-state index >= 15 is 0 Å². The molecule has 0 aliphatic carbocycles. The zero-order valence-corrected chi connectivity index (χ0v) is 17.7. The van der Waals surface area contributed by atoms with Crippen molar-refractivity contribution in [3.05, 3.63) is 83.9 Å². The van der Waals surface area contributed by atoms with Crippen molar-refractivity contribution in [3.8, 4) is 11.5 Å². The van der Waals surface area contributed by atoms with E-state index in [0.29, 0.717) is 22.9 Å². The predicted molar refractivity (Wildman–Crippen MR) is 120 cm³/mol. The number of amides is 2. The molecule has 0 spiro atoms. The van der Waals surface area contributed by atoms with Crippen molar-refractivity contribution in [2.75, 3.05) is 30.6 Å². The lowest BCUT2D eigenvalue weighted by Crippen LogP contribution is -2.56. The number of carbonyl (C=O) groups is 2. The summed E-state index contributed by atoms with van der Waals surface area (Å²) in [5.74, 6) is 0.686. The molecule has 1 atom stereocenters. The molecule has 3 aromatic carbocycles. The molecule has 6 heteroatoms. The molecular weight excluding hydrogens is 392 g/mol. The van der Waals surface area contributed by atoms with Crippen LogP contribution in [0.1, 0.15) is 17.2 Å². The van der Waals surface area contributed by atoms with Crippen LogP contribution in [0, 0.1) is 6.92 Å². The third-order valence-electron chi connectivity index (χ3n) is 5.42. The van der Waals surface area contributed by atoms with Crippen LogP contribution in [0.2, 0.25) is 0 Å². The fraction of sp³-hybridized carbons (Fsp3) is 0.200. The fourth-order valence-electron chi connectivity index (χ4n) is 3.83. The summed E-state index contributed by atoms with van der Waals surface area (Å²) in [6, 6.07) is 21.4. The number of nitrogens with zero attached hydrogens (tertiary/aromatic N) is 2. The Hall–Kier alpha value is -3.80. The molecule has 6 nitrogen and oxygen atoms in total. The van der Waals surface area contributed by atoms with Crippen molar-refractivity contribution in [3.63, 3.8) is 0 Å². The second kappa shape index (κ2) is 8.52. The van der Waals surface area contributed by atoms with Gasteiger partial charge in [-0.05, 0) is 36.8 Å². The molecule has 1 aliphatic rings. The van der Waals surface area contributed by atoms with E-state index in [2.05, 4.69) is 0 Å². The zero-order chi connectivity index (χ0) is 22.0. The van der Waals surface area contributed by atoms with Gasteiger partial charge in [-0.2, -0.15) is 0 Å². The lowest BCUT2D eigenvalue weighted by atomic mass is 9.98. The van der Waals surface area contributed by atoms with Crippen LogP contribution < -0.4 is 19.3 Å². The summed E-state index contributed by atoms with van der Waals surface area (Å²) in [5.41, 5.74) is 3.02. The first kappa shape index (κ1) is 20.5. The Balaban J connectivity index is 1.84. The van der Waals surface area contributed by atoms with Crippen molar-refractivity contribution in [1.82, 2.24) is 0 Å². The third-order valence-corrected chi connectivity index (χ3v) is 5.42. The molecule has 0 unspecified atom stereocenters. The van der Waals surface area contributed by atoms with Crippen LogP contribution in [0.4, 0.5) is 11.4 Å². The molecule has 1 fully saturated rings. The molecule has 3 aromatic rings. The monoisotopic (exact) mass is 416 g/mol. The van der Waals surface area contributed by atoms with Gasteiger partial charge in [-0.15, -0.1) is 0 Å². The maximum atomic E-state index is 13.8. The van der Waals surface area contributed by atoms with Gasteiger partial charge >= 0.3 is 0 Å². The highest BCUT2D eigenvalue weighted by atomic mass is 16.5. The molecule has 158 valence electrons. The number of carbonyl (C=O) groups excluding carboxylic acids is 2. The van der Waals surface area contributed by atoms with Crippen LogP contribution in [0.25, 0.3) is 0 Å². The number of hydrogen-bond acceptors (Lipinski definition) is 4. The molecule has 1 heterocycles. The van der Waals surface area contributed by atoms with Gasteiger partial charge in [0.15, 0.2) is 0 Å². The van der Waals surface area contributed by atoms with E-state index < -0.39 is 6.04 Å². The number of ether oxygens (including phenoxy) is 2. The molecule has 0 radical (unpaired) electrons. The molecule has 0 saturated carbocycles. The van der Waals surface area contributed by atoms with Gasteiger partial charge in [0, 0.05) is 11.8 Å². The number of para-hydroxylation sites is 1. The number of benzene rings is 3. The Kier molecular flexibility index (Phi) is 5.62. The molecule has 0 bridgehead atoms. The second-order valence-corrected chi connectivity index (χ2v) is 7.37.